The zero-order valence-electron chi connectivity index (χ0n) is 10.4. The topological polar surface area (TPSA) is 43.4 Å². The fraction of sp³-hybridized carbons (Fsp3) is 0.583. The lowest BCUT2D eigenvalue weighted by Gasteiger charge is -2.19. The van der Waals surface area contributed by atoms with Gasteiger partial charge in [-0.05, 0) is 26.8 Å². The van der Waals surface area contributed by atoms with Crippen molar-refractivity contribution < 1.29 is 9.47 Å². The average Bonchev–Trinajstić information content (AvgIpc) is 2.23. The maximum absolute atomic E-state index is 5.55. The first kappa shape index (κ1) is 12.8. The van der Waals surface area contributed by atoms with Crippen LogP contribution in [-0.4, -0.2) is 30.8 Å². The van der Waals surface area contributed by atoms with E-state index in [9.17, 15) is 0 Å². The second-order valence-corrected chi connectivity index (χ2v) is 4.44. The first-order valence-electron chi connectivity index (χ1n) is 5.42. The first-order valence-corrected chi connectivity index (χ1v) is 5.42. The van der Waals surface area contributed by atoms with E-state index in [1.54, 1.807) is 6.20 Å². The summed E-state index contributed by atoms with van der Waals surface area (Å²) in [6.45, 7) is 7.21. The van der Waals surface area contributed by atoms with Gasteiger partial charge in [-0.2, -0.15) is 0 Å². The highest BCUT2D eigenvalue weighted by Gasteiger charge is 2.09. The molecule has 0 atom stereocenters. The molecule has 0 spiro atoms. The van der Waals surface area contributed by atoms with Crippen LogP contribution in [0.3, 0.4) is 0 Å². The van der Waals surface area contributed by atoms with E-state index < -0.39 is 0 Å². The zero-order chi connectivity index (χ0) is 12.0. The van der Waals surface area contributed by atoms with Crippen LogP contribution >= 0.6 is 0 Å². The summed E-state index contributed by atoms with van der Waals surface area (Å²) in [6.07, 6.45) is 1.71. The molecule has 1 rings (SSSR count). The molecule has 0 aromatic carbocycles. The number of anilines is 1. The summed E-state index contributed by atoms with van der Waals surface area (Å²) >= 11 is 0. The zero-order valence-corrected chi connectivity index (χ0v) is 10.4. The summed E-state index contributed by atoms with van der Waals surface area (Å²) < 4.78 is 11.1. The normalized spacial score (nSPS) is 11.2. The molecule has 0 saturated heterocycles. The van der Waals surface area contributed by atoms with Crippen LogP contribution in [0.15, 0.2) is 18.3 Å². The van der Waals surface area contributed by atoms with Crippen LogP contribution in [0, 0.1) is 0 Å². The summed E-state index contributed by atoms with van der Waals surface area (Å²) in [5.74, 6) is 1.60. The summed E-state index contributed by atoms with van der Waals surface area (Å²) in [5.41, 5.74) is -0.113. The Morgan fingerprint density at radius 1 is 1.31 bits per heavy atom. The molecule has 4 heteroatoms. The van der Waals surface area contributed by atoms with E-state index in [2.05, 4.69) is 10.3 Å². The molecule has 90 valence electrons. The molecule has 0 saturated carbocycles. The smallest absolute Gasteiger partial charge is 0.129 e. The van der Waals surface area contributed by atoms with Crippen molar-refractivity contribution >= 4 is 5.82 Å². The predicted molar refractivity (Wildman–Crippen MR) is 65.0 cm³/mol. The Bertz CT molecular complexity index is 321. The number of rotatable bonds is 5. The fourth-order valence-electron chi connectivity index (χ4n) is 1.15. The van der Waals surface area contributed by atoms with Crippen molar-refractivity contribution in [3.63, 3.8) is 0 Å². The molecule has 0 bridgehead atoms. The second kappa shape index (κ2) is 5.70. The van der Waals surface area contributed by atoms with Gasteiger partial charge < -0.3 is 14.8 Å². The quantitative estimate of drug-likeness (QED) is 0.779. The molecule has 1 aromatic rings. The molecule has 0 aliphatic carbocycles. The van der Waals surface area contributed by atoms with Crippen molar-refractivity contribution in [2.45, 2.75) is 26.4 Å². The summed E-state index contributed by atoms with van der Waals surface area (Å²) in [4.78, 5) is 4.10. The van der Waals surface area contributed by atoms with Crippen LogP contribution in [0.25, 0.3) is 0 Å². The minimum atomic E-state index is -0.113. The van der Waals surface area contributed by atoms with E-state index in [-0.39, 0.29) is 5.60 Å². The van der Waals surface area contributed by atoms with Gasteiger partial charge in [-0.25, -0.2) is 4.98 Å². The second-order valence-electron chi connectivity index (χ2n) is 4.44. The lowest BCUT2D eigenvalue weighted by molar-refractivity contribution is -0.0163. The highest BCUT2D eigenvalue weighted by atomic mass is 16.5. The Morgan fingerprint density at radius 3 is 2.69 bits per heavy atom. The van der Waals surface area contributed by atoms with Crippen molar-refractivity contribution in [1.82, 2.24) is 4.98 Å². The van der Waals surface area contributed by atoms with E-state index in [0.29, 0.717) is 13.2 Å². The van der Waals surface area contributed by atoms with Gasteiger partial charge in [-0.1, -0.05) is 0 Å². The monoisotopic (exact) mass is 224 g/mol. The number of nitrogens with zero attached hydrogens (tertiary/aromatic N) is 1. The third-order valence-electron chi connectivity index (χ3n) is 1.87. The molecule has 1 heterocycles. The molecule has 0 aliphatic rings. The van der Waals surface area contributed by atoms with Crippen molar-refractivity contribution in [2.24, 2.45) is 0 Å². The third kappa shape index (κ3) is 4.98. The van der Waals surface area contributed by atoms with Gasteiger partial charge in [0.1, 0.15) is 18.2 Å². The van der Waals surface area contributed by atoms with E-state index in [4.69, 9.17) is 9.47 Å². The predicted octanol–water partition coefficient (Wildman–Crippen LogP) is 2.32. The van der Waals surface area contributed by atoms with Crippen LogP contribution in [0.5, 0.6) is 5.75 Å². The lowest BCUT2D eigenvalue weighted by Crippen LogP contribution is -2.22. The molecule has 4 nitrogen and oxygen atoms in total. The first-order chi connectivity index (χ1) is 7.51. The SMILES string of the molecule is CNc1cc(OCCOC(C)(C)C)ccn1. The standard InChI is InChI=1S/C12H20N2O2/c1-12(2,3)16-8-7-15-10-5-6-14-11(9-10)13-4/h5-6,9H,7-8H2,1-4H3,(H,13,14). The van der Waals surface area contributed by atoms with Crippen molar-refractivity contribution in [1.29, 1.82) is 0 Å². The summed E-state index contributed by atoms with van der Waals surface area (Å²) in [5, 5.41) is 2.96. The summed E-state index contributed by atoms with van der Waals surface area (Å²) in [6, 6.07) is 3.69. The number of nitrogens with one attached hydrogen (secondary N) is 1. The molecule has 0 aliphatic heterocycles. The van der Waals surface area contributed by atoms with Crippen LogP contribution in [0.2, 0.25) is 0 Å². The maximum Gasteiger partial charge on any atom is 0.129 e. The van der Waals surface area contributed by atoms with Gasteiger partial charge in [-0.3, -0.25) is 0 Å². The largest absolute Gasteiger partial charge is 0.491 e. The van der Waals surface area contributed by atoms with Crippen LogP contribution in [-0.2, 0) is 4.74 Å². The summed E-state index contributed by atoms with van der Waals surface area (Å²) in [7, 11) is 1.83. The van der Waals surface area contributed by atoms with Crippen LogP contribution < -0.4 is 10.1 Å². The van der Waals surface area contributed by atoms with E-state index in [1.165, 1.54) is 0 Å². The van der Waals surface area contributed by atoms with Crippen molar-refractivity contribution in [3.05, 3.63) is 18.3 Å². The number of hydrogen-bond donors (Lipinski definition) is 1. The minimum Gasteiger partial charge on any atom is -0.491 e. The highest BCUT2D eigenvalue weighted by molar-refractivity contribution is 5.39. The number of hydrogen-bond acceptors (Lipinski definition) is 4. The van der Waals surface area contributed by atoms with Crippen molar-refractivity contribution in [2.75, 3.05) is 25.6 Å². The molecule has 0 unspecified atom stereocenters. The molecule has 0 amide bonds. The molecule has 1 N–H and O–H groups in total. The third-order valence-corrected chi connectivity index (χ3v) is 1.87. The Morgan fingerprint density at radius 2 is 2.06 bits per heavy atom. The van der Waals surface area contributed by atoms with E-state index in [0.717, 1.165) is 11.6 Å². The van der Waals surface area contributed by atoms with Gasteiger partial charge >= 0.3 is 0 Å². The van der Waals surface area contributed by atoms with E-state index >= 15 is 0 Å². The van der Waals surface area contributed by atoms with Crippen molar-refractivity contribution in [3.8, 4) is 5.75 Å². The maximum atomic E-state index is 5.55. The van der Waals surface area contributed by atoms with Gasteiger partial charge in [0.2, 0.25) is 0 Å². The number of aromatic nitrogens is 1. The van der Waals surface area contributed by atoms with Crippen LogP contribution in [0.4, 0.5) is 5.82 Å². The van der Waals surface area contributed by atoms with Gasteiger partial charge in [0, 0.05) is 19.3 Å². The van der Waals surface area contributed by atoms with Gasteiger partial charge in [0.05, 0.1) is 12.2 Å². The molecular formula is C12H20N2O2. The highest BCUT2D eigenvalue weighted by Crippen LogP contribution is 2.14. The van der Waals surface area contributed by atoms with Crippen LogP contribution in [0.1, 0.15) is 20.8 Å². The van der Waals surface area contributed by atoms with E-state index in [1.807, 2.05) is 40.0 Å². The fourth-order valence-corrected chi connectivity index (χ4v) is 1.15. The Balaban J connectivity index is 2.32. The molecule has 0 radical (unpaired) electrons. The molecule has 16 heavy (non-hydrogen) atoms. The lowest BCUT2D eigenvalue weighted by atomic mass is 10.2. The Hall–Kier alpha value is -1.29. The van der Waals surface area contributed by atoms with Gasteiger partial charge in [0.25, 0.3) is 0 Å². The molecule has 1 aromatic heterocycles. The molecule has 0 fully saturated rings. The number of ether oxygens (including phenoxy) is 2. The van der Waals surface area contributed by atoms with Gasteiger partial charge in [0.15, 0.2) is 0 Å². The minimum absolute atomic E-state index is 0.113. The Kier molecular flexibility index (Phi) is 4.55. The molecular weight excluding hydrogens is 204 g/mol. The average molecular weight is 224 g/mol. The van der Waals surface area contributed by atoms with Gasteiger partial charge in [-0.15, -0.1) is 0 Å². The number of pyridine rings is 1. The Labute approximate surface area is 97.0 Å².